The topological polar surface area (TPSA) is 146 Å². The van der Waals surface area contributed by atoms with Crippen molar-refractivity contribution >= 4 is 28.9 Å². The van der Waals surface area contributed by atoms with Crippen LogP contribution in [0.3, 0.4) is 0 Å². The Labute approximate surface area is 154 Å². The molecule has 2 rings (SSSR count). The summed E-state index contributed by atoms with van der Waals surface area (Å²) in [5, 5.41) is 16.4. The van der Waals surface area contributed by atoms with Crippen molar-refractivity contribution in [3.63, 3.8) is 0 Å². The molecule has 0 fully saturated rings. The fourth-order valence-electron chi connectivity index (χ4n) is 2.27. The Morgan fingerprint density at radius 1 is 1.19 bits per heavy atom. The van der Waals surface area contributed by atoms with Gasteiger partial charge in [-0.25, -0.2) is 0 Å². The summed E-state index contributed by atoms with van der Waals surface area (Å²) in [5.74, 6) is -0.668. The third-order valence-corrected chi connectivity index (χ3v) is 3.52. The fraction of sp³-hybridized carbons (Fsp3) is 0.176. The number of non-ortho nitro benzene ring substituents is 1. The SMILES string of the molecule is CNc1ccc([N+](=O)[O-])cc1C(=O)Nc1ccc(OC)c(OCC(N)=O)c1. The molecule has 2 aromatic rings. The molecule has 0 saturated heterocycles. The van der Waals surface area contributed by atoms with Crippen LogP contribution in [0, 0.1) is 10.1 Å². The summed E-state index contributed by atoms with van der Waals surface area (Å²) >= 11 is 0. The van der Waals surface area contributed by atoms with Gasteiger partial charge in [0, 0.05) is 36.6 Å². The third kappa shape index (κ3) is 4.84. The van der Waals surface area contributed by atoms with Crippen LogP contribution in [0.1, 0.15) is 10.4 Å². The molecule has 0 saturated carbocycles. The summed E-state index contributed by atoms with van der Waals surface area (Å²) in [5.41, 5.74) is 5.72. The molecule has 0 aliphatic rings. The Balaban J connectivity index is 2.29. The first kappa shape index (κ1) is 19.5. The van der Waals surface area contributed by atoms with E-state index in [2.05, 4.69) is 10.6 Å². The number of nitrogens with one attached hydrogen (secondary N) is 2. The van der Waals surface area contributed by atoms with Crippen molar-refractivity contribution in [3.05, 3.63) is 52.1 Å². The minimum absolute atomic E-state index is 0.0992. The summed E-state index contributed by atoms with van der Waals surface area (Å²) in [6.45, 7) is -0.359. The van der Waals surface area contributed by atoms with Crippen LogP contribution < -0.4 is 25.8 Å². The van der Waals surface area contributed by atoms with E-state index < -0.39 is 16.7 Å². The van der Waals surface area contributed by atoms with E-state index in [-0.39, 0.29) is 23.6 Å². The number of anilines is 2. The normalized spacial score (nSPS) is 10.0. The zero-order valence-electron chi connectivity index (χ0n) is 14.6. The molecule has 0 spiro atoms. The van der Waals surface area contributed by atoms with E-state index in [0.717, 1.165) is 0 Å². The van der Waals surface area contributed by atoms with Gasteiger partial charge in [-0.15, -0.1) is 0 Å². The predicted octanol–water partition coefficient (Wildman–Crippen LogP) is 1.76. The Bertz CT molecular complexity index is 884. The fourth-order valence-corrected chi connectivity index (χ4v) is 2.27. The van der Waals surface area contributed by atoms with Crippen molar-refractivity contribution < 1.29 is 24.0 Å². The number of nitro benzene ring substituents is 1. The van der Waals surface area contributed by atoms with Crippen LogP contribution in [-0.4, -0.2) is 37.5 Å². The van der Waals surface area contributed by atoms with Crippen LogP contribution in [0.5, 0.6) is 11.5 Å². The molecule has 2 amide bonds. The first-order valence-corrected chi connectivity index (χ1v) is 7.72. The first-order chi connectivity index (χ1) is 12.8. The molecular formula is C17H18N4O6. The zero-order chi connectivity index (χ0) is 20.0. The van der Waals surface area contributed by atoms with Gasteiger partial charge >= 0.3 is 0 Å². The van der Waals surface area contributed by atoms with Gasteiger partial charge in [-0.3, -0.25) is 19.7 Å². The van der Waals surface area contributed by atoms with E-state index >= 15 is 0 Å². The lowest BCUT2D eigenvalue weighted by molar-refractivity contribution is -0.384. The molecule has 0 heterocycles. The molecule has 0 aromatic heterocycles. The molecule has 0 aliphatic heterocycles. The second-order valence-corrected chi connectivity index (χ2v) is 5.31. The van der Waals surface area contributed by atoms with Crippen molar-refractivity contribution in [3.8, 4) is 11.5 Å². The van der Waals surface area contributed by atoms with Crippen molar-refractivity contribution in [1.29, 1.82) is 0 Å². The maximum absolute atomic E-state index is 12.6. The quantitative estimate of drug-likeness (QED) is 0.471. The number of carbonyl (C=O) groups excluding carboxylic acids is 2. The van der Waals surface area contributed by atoms with Gasteiger partial charge in [0.15, 0.2) is 18.1 Å². The molecule has 0 radical (unpaired) electrons. The summed E-state index contributed by atoms with van der Waals surface area (Å²) in [4.78, 5) is 33.9. The lowest BCUT2D eigenvalue weighted by atomic mass is 10.1. The van der Waals surface area contributed by atoms with Crippen LogP contribution in [0.2, 0.25) is 0 Å². The van der Waals surface area contributed by atoms with Gasteiger partial charge in [0.2, 0.25) is 0 Å². The number of nitrogens with zero attached hydrogens (tertiary/aromatic N) is 1. The van der Waals surface area contributed by atoms with Gasteiger partial charge < -0.3 is 25.8 Å². The van der Waals surface area contributed by atoms with Gasteiger partial charge in [0.05, 0.1) is 17.6 Å². The van der Waals surface area contributed by atoms with Gasteiger partial charge in [-0.05, 0) is 18.2 Å². The zero-order valence-corrected chi connectivity index (χ0v) is 14.6. The number of rotatable bonds is 8. The molecule has 4 N–H and O–H groups in total. The summed E-state index contributed by atoms with van der Waals surface area (Å²) < 4.78 is 10.4. The smallest absolute Gasteiger partial charge is 0.270 e. The number of nitro groups is 1. The number of ether oxygens (including phenoxy) is 2. The van der Waals surface area contributed by atoms with Gasteiger partial charge in [-0.1, -0.05) is 0 Å². The Morgan fingerprint density at radius 3 is 2.52 bits per heavy atom. The number of carbonyl (C=O) groups is 2. The maximum Gasteiger partial charge on any atom is 0.270 e. The highest BCUT2D eigenvalue weighted by Gasteiger charge is 2.17. The van der Waals surface area contributed by atoms with E-state index in [1.165, 1.54) is 31.4 Å². The molecule has 0 unspecified atom stereocenters. The van der Waals surface area contributed by atoms with Gasteiger partial charge in [0.25, 0.3) is 17.5 Å². The predicted molar refractivity (Wildman–Crippen MR) is 98.3 cm³/mol. The van der Waals surface area contributed by atoms with Crippen molar-refractivity contribution in [1.82, 2.24) is 0 Å². The lowest BCUT2D eigenvalue weighted by Gasteiger charge is -2.13. The highest BCUT2D eigenvalue weighted by Crippen LogP contribution is 2.31. The van der Waals surface area contributed by atoms with E-state index in [1.807, 2.05) is 0 Å². The van der Waals surface area contributed by atoms with E-state index in [4.69, 9.17) is 15.2 Å². The summed E-state index contributed by atoms with van der Waals surface area (Å²) in [6, 6.07) is 8.47. The highest BCUT2D eigenvalue weighted by molar-refractivity contribution is 6.08. The number of benzene rings is 2. The average Bonchev–Trinajstić information content (AvgIpc) is 2.65. The number of nitrogens with two attached hydrogens (primary N) is 1. The van der Waals surface area contributed by atoms with Gasteiger partial charge in [0.1, 0.15) is 0 Å². The second kappa shape index (κ2) is 8.52. The minimum atomic E-state index is -0.665. The number of primary amides is 1. The molecule has 0 bridgehead atoms. The van der Waals surface area contributed by atoms with Gasteiger partial charge in [-0.2, -0.15) is 0 Å². The van der Waals surface area contributed by atoms with E-state index in [0.29, 0.717) is 17.1 Å². The van der Waals surface area contributed by atoms with Crippen LogP contribution >= 0.6 is 0 Å². The molecule has 27 heavy (non-hydrogen) atoms. The Morgan fingerprint density at radius 2 is 1.93 bits per heavy atom. The Hall–Kier alpha value is -3.82. The molecular weight excluding hydrogens is 356 g/mol. The Kier molecular flexibility index (Phi) is 6.15. The second-order valence-electron chi connectivity index (χ2n) is 5.31. The summed E-state index contributed by atoms with van der Waals surface area (Å²) in [7, 11) is 3.02. The number of amides is 2. The molecule has 0 aliphatic carbocycles. The molecule has 10 nitrogen and oxygen atoms in total. The standard InChI is InChI=1S/C17H18N4O6/c1-19-13-5-4-11(21(24)25)8-12(13)17(23)20-10-3-6-14(26-2)15(7-10)27-9-16(18)22/h3-8,19H,9H2,1-2H3,(H2,18,22)(H,20,23). The summed E-state index contributed by atoms with van der Waals surface area (Å²) in [6.07, 6.45) is 0. The molecule has 10 heteroatoms. The minimum Gasteiger partial charge on any atom is -0.493 e. The highest BCUT2D eigenvalue weighted by atomic mass is 16.6. The molecule has 0 atom stereocenters. The van der Waals surface area contributed by atoms with Crippen LogP contribution in [0.15, 0.2) is 36.4 Å². The van der Waals surface area contributed by atoms with Crippen LogP contribution in [0.4, 0.5) is 17.1 Å². The van der Waals surface area contributed by atoms with Crippen LogP contribution in [0.25, 0.3) is 0 Å². The monoisotopic (exact) mass is 374 g/mol. The largest absolute Gasteiger partial charge is 0.493 e. The van der Waals surface area contributed by atoms with E-state index in [1.54, 1.807) is 19.2 Å². The number of methoxy groups -OCH3 is 1. The molecule has 142 valence electrons. The third-order valence-electron chi connectivity index (χ3n) is 3.52. The number of hydrogen-bond acceptors (Lipinski definition) is 7. The van der Waals surface area contributed by atoms with Crippen molar-refractivity contribution in [2.45, 2.75) is 0 Å². The van der Waals surface area contributed by atoms with Crippen LogP contribution in [-0.2, 0) is 4.79 Å². The number of hydrogen-bond donors (Lipinski definition) is 3. The lowest BCUT2D eigenvalue weighted by Crippen LogP contribution is -2.20. The van der Waals surface area contributed by atoms with Crippen molar-refractivity contribution in [2.24, 2.45) is 5.73 Å². The first-order valence-electron chi connectivity index (χ1n) is 7.72. The average molecular weight is 374 g/mol. The maximum atomic E-state index is 12.6. The van der Waals surface area contributed by atoms with Crippen molar-refractivity contribution in [2.75, 3.05) is 31.4 Å². The molecule has 2 aromatic carbocycles. The van der Waals surface area contributed by atoms with E-state index in [9.17, 15) is 19.7 Å².